The number of carbonyl (C=O) groups is 2. The first-order valence-corrected chi connectivity index (χ1v) is 15.1. The van der Waals surface area contributed by atoms with E-state index >= 15 is 0 Å². The summed E-state index contributed by atoms with van der Waals surface area (Å²) in [5.41, 5.74) is 4.49. The Hall–Kier alpha value is -3.32. The molecule has 2 saturated heterocycles. The Balaban J connectivity index is 0.000000952. The molecule has 2 aromatic rings. The maximum atomic E-state index is 13.7. The third-order valence-electron chi connectivity index (χ3n) is 8.75. The maximum Gasteiger partial charge on any atom is 0.300 e. The standard InChI is InChI=1S/C31H39FN4O2.C2H4O2/c1-34(31(38)30-17-22(18-33)16-24-4-2-3-5-29(24)30)19-25(23-6-8-26(32)9-7-23)10-13-35-20-27(21-35)36-14-11-28(37)12-15-36;1-2(3)4/h6-9,16-17,25,27-28,37H,2-5,10-15,19-21H2,1H3;1H3,(H,3,4). The molecule has 5 rings (SSSR count). The van der Waals surface area contributed by atoms with Crippen molar-refractivity contribution in [2.75, 3.05) is 46.3 Å². The summed E-state index contributed by atoms with van der Waals surface area (Å²) >= 11 is 0. The SMILES string of the molecule is CC(=O)O.CN(CC(CCN1CC(N2CCC(O)CC2)C1)c1ccc(F)cc1)C(=O)c1cc(C#N)cc2c1CCCC2. The number of piperidine rings is 1. The van der Waals surface area contributed by atoms with E-state index in [1.54, 1.807) is 11.0 Å². The highest BCUT2D eigenvalue weighted by Gasteiger charge is 2.34. The molecule has 1 aliphatic carbocycles. The maximum absolute atomic E-state index is 13.7. The zero-order chi connectivity index (χ0) is 30.2. The number of likely N-dealkylation sites (tertiary alicyclic amines) is 2. The van der Waals surface area contributed by atoms with E-state index in [2.05, 4.69) is 15.9 Å². The molecule has 2 heterocycles. The number of carboxylic acid groups (broad SMARTS) is 1. The van der Waals surface area contributed by atoms with E-state index in [-0.39, 0.29) is 23.7 Å². The zero-order valence-corrected chi connectivity index (χ0v) is 24.8. The van der Waals surface area contributed by atoms with Crippen LogP contribution in [-0.4, -0.2) is 95.3 Å². The van der Waals surface area contributed by atoms with E-state index in [0.717, 1.165) is 101 Å². The van der Waals surface area contributed by atoms with E-state index in [1.807, 2.05) is 25.2 Å². The minimum absolute atomic E-state index is 0.0383. The quantitative estimate of drug-likeness (QED) is 0.487. The highest BCUT2D eigenvalue weighted by Crippen LogP contribution is 2.29. The molecular weight excluding hydrogens is 535 g/mol. The van der Waals surface area contributed by atoms with Crippen LogP contribution in [0.25, 0.3) is 0 Å². The van der Waals surface area contributed by atoms with Crippen LogP contribution in [0.1, 0.15) is 77.6 Å². The van der Waals surface area contributed by atoms with Gasteiger partial charge in [0.15, 0.2) is 0 Å². The van der Waals surface area contributed by atoms with Crippen molar-refractivity contribution < 1.29 is 24.2 Å². The molecule has 0 bridgehead atoms. The fourth-order valence-corrected chi connectivity index (χ4v) is 6.39. The van der Waals surface area contributed by atoms with Crippen molar-refractivity contribution in [3.8, 4) is 6.07 Å². The number of hydrogen-bond donors (Lipinski definition) is 2. The number of rotatable bonds is 8. The molecule has 0 radical (unpaired) electrons. The van der Waals surface area contributed by atoms with Crippen LogP contribution in [-0.2, 0) is 17.6 Å². The number of aryl methyl sites for hydroxylation is 1. The molecule has 8 nitrogen and oxygen atoms in total. The van der Waals surface area contributed by atoms with Gasteiger partial charge in [0.05, 0.1) is 17.7 Å². The number of aliphatic carboxylic acids is 1. The van der Waals surface area contributed by atoms with Gasteiger partial charge in [-0.2, -0.15) is 5.26 Å². The number of aliphatic hydroxyl groups is 1. The Morgan fingerprint density at radius 3 is 2.40 bits per heavy atom. The Labute approximate surface area is 248 Å². The fraction of sp³-hybridized carbons (Fsp3) is 0.545. The minimum Gasteiger partial charge on any atom is -0.481 e. The van der Waals surface area contributed by atoms with Crippen LogP contribution in [0, 0.1) is 17.1 Å². The molecule has 226 valence electrons. The normalized spacial score (nSPS) is 18.5. The lowest BCUT2D eigenvalue weighted by Crippen LogP contribution is -2.61. The van der Waals surface area contributed by atoms with Crippen molar-refractivity contribution >= 4 is 11.9 Å². The van der Waals surface area contributed by atoms with Crippen molar-refractivity contribution in [1.29, 1.82) is 5.26 Å². The number of nitrogens with zero attached hydrogens (tertiary/aromatic N) is 4. The summed E-state index contributed by atoms with van der Waals surface area (Å²) in [6.45, 7) is 6.57. The number of amides is 1. The topological polar surface area (TPSA) is 108 Å². The van der Waals surface area contributed by atoms with Gasteiger partial charge < -0.3 is 20.0 Å². The van der Waals surface area contributed by atoms with Crippen molar-refractivity contribution in [2.45, 2.75) is 69.9 Å². The third-order valence-corrected chi connectivity index (χ3v) is 8.75. The van der Waals surface area contributed by atoms with E-state index < -0.39 is 5.97 Å². The number of nitriles is 1. The largest absolute Gasteiger partial charge is 0.481 e. The molecule has 0 spiro atoms. The lowest BCUT2D eigenvalue weighted by Gasteiger charge is -2.47. The molecule has 0 saturated carbocycles. The first kappa shape index (κ1) is 31.6. The van der Waals surface area contributed by atoms with Crippen LogP contribution in [0.4, 0.5) is 4.39 Å². The summed E-state index contributed by atoms with van der Waals surface area (Å²) < 4.78 is 13.7. The molecule has 2 fully saturated rings. The molecule has 2 N–H and O–H groups in total. The van der Waals surface area contributed by atoms with Gasteiger partial charge in [-0.1, -0.05) is 12.1 Å². The number of carbonyl (C=O) groups excluding carboxylic acids is 1. The number of likely N-dealkylation sites (N-methyl/N-ethyl adjacent to an activating group) is 1. The Morgan fingerprint density at radius 1 is 1.12 bits per heavy atom. The zero-order valence-electron chi connectivity index (χ0n) is 24.8. The highest BCUT2D eigenvalue weighted by atomic mass is 19.1. The Bertz CT molecular complexity index is 1260. The van der Waals surface area contributed by atoms with Crippen LogP contribution < -0.4 is 0 Å². The van der Waals surface area contributed by atoms with Gasteiger partial charge in [0.2, 0.25) is 0 Å². The summed E-state index contributed by atoms with van der Waals surface area (Å²) in [6, 6.07) is 13.2. The van der Waals surface area contributed by atoms with Gasteiger partial charge in [-0.15, -0.1) is 0 Å². The van der Waals surface area contributed by atoms with Crippen molar-refractivity contribution in [1.82, 2.24) is 14.7 Å². The average Bonchev–Trinajstić information content (AvgIpc) is 2.95. The summed E-state index contributed by atoms with van der Waals surface area (Å²) in [5, 5.41) is 26.7. The van der Waals surface area contributed by atoms with Crippen LogP contribution in [0.3, 0.4) is 0 Å². The summed E-state index contributed by atoms with van der Waals surface area (Å²) in [5.74, 6) is -1.04. The lowest BCUT2D eigenvalue weighted by atomic mass is 9.86. The fourth-order valence-electron chi connectivity index (χ4n) is 6.39. The van der Waals surface area contributed by atoms with Crippen molar-refractivity contribution in [3.63, 3.8) is 0 Å². The van der Waals surface area contributed by atoms with E-state index in [1.165, 1.54) is 12.1 Å². The molecule has 1 atom stereocenters. The van der Waals surface area contributed by atoms with Gasteiger partial charge in [-0.05, 0) is 92.4 Å². The number of aliphatic hydroxyl groups excluding tert-OH is 1. The van der Waals surface area contributed by atoms with Crippen molar-refractivity contribution in [2.24, 2.45) is 0 Å². The number of benzene rings is 2. The summed E-state index contributed by atoms with van der Waals surface area (Å²) in [7, 11) is 1.84. The van der Waals surface area contributed by atoms with Gasteiger partial charge in [0.1, 0.15) is 5.82 Å². The summed E-state index contributed by atoms with van der Waals surface area (Å²) in [4.78, 5) is 29.4. The van der Waals surface area contributed by atoms with Crippen LogP contribution in [0.15, 0.2) is 36.4 Å². The van der Waals surface area contributed by atoms with Crippen molar-refractivity contribution in [3.05, 3.63) is 70.0 Å². The van der Waals surface area contributed by atoms with Crippen LogP contribution in [0.5, 0.6) is 0 Å². The monoisotopic (exact) mass is 578 g/mol. The Morgan fingerprint density at radius 2 is 1.76 bits per heavy atom. The molecule has 3 aliphatic rings. The van der Waals surface area contributed by atoms with Gasteiger partial charge in [-0.3, -0.25) is 14.5 Å². The van der Waals surface area contributed by atoms with Crippen LogP contribution in [0.2, 0.25) is 0 Å². The second kappa shape index (κ2) is 14.7. The van der Waals surface area contributed by atoms with E-state index in [4.69, 9.17) is 9.90 Å². The second-order valence-electron chi connectivity index (χ2n) is 11.9. The summed E-state index contributed by atoms with van der Waals surface area (Å²) in [6.07, 6.45) is 6.42. The third kappa shape index (κ3) is 8.37. The molecule has 2 aromatic carbocycles. The molecule has 0 aromatic heterocycles. The molecule has 1 amide bonds. The number of carboxylic acids is 1. The molecule has 42 heavy (non-hydrogen) atoms. The first-order valence-electron chi connectivity index (χ1n) is 15.1. The predicted molar refractivity (Wildman–Crippen MR) is 159 cm³/mol. The number of fused-ring (bicyclic) bond motifs is 1. The second-order valence-corrected chi connectivity index (χ2v) is 11.9. The Kier molecular flexibility index (Phi) is 11.1. The molecule has 2 aliphatic heterocycles. The van der Waals surface area contributed by atoms with Gasteiger partial charge in [0, 0.05) is 64.2 Å². The van der Waals surface area contributed by atoms with E-state index in [0.29, 0.717) is 23.7 Å². The average molecular weight is 579 g/mol. The number of halogens is 1. The highest BCUT2D eigenvalue weighted by molar-refractivity contribution is 5.96. The van der Waals surface area contributed by atoms with Gasteiger partial charge in [0.25, 0.3) is 11.9 Å². The van der Waals surface area contributed by atoms with Gasteiger partial charge in [-0.25, -0.2) is 4.39 Å². The minimum atomic E-state index is -0.833. The predicted octanol–water partition coefficient (Wildman–Crippen LogP) is 4.05. The number of hydrogen-bond acceptors (Lipinski definition) is 6. The first-order chi connectivity index (χ1) is 20.1. The smallest absolute Gasteiger partial charge is 0.300 e. The van der Waals surface area contributed by atoms with E-state index in [9.17, 15) is 19.6 Å². The molecule has 1 unspecified atom stereocenters. The molecular formula is C33H43FN4O4. The molecule has 9 heteroatoms. The van der Waals surface area contributed by atoms with Gasteiger partial charge >= 0.3 is 0 Å². The van der Waals surface area contributed by atoms with Crippen LogP contribution >= 0.6 is 0 Å². The lowest BCUT2D eigenvalue weighted by molar-refractivity contribution is -0.134.